The van der Waals surface area contributed by atoms with Crippen LogP contribution in [0.25, 0.3) is 0 Å². The molecule has 0 aliphatic heterocycles. The lowest BCUT2D eigenvalue weighted by molar-refractivity contribution is -0.142. The number of anilines is 1. The van der Waals surface area contributed by atoms with Crippen LogP contribution in [0.4, 0.5) is 19.0 Å². The number of nitriles is 1. The van der Waals surface area contributed by atoms with E-state index in [1.54, 1.807) is 0 Å². The number of nitrogens with one attached hydrogen (secondary N) is 1. The molecule has 2 rings (SSSR count). The van der Waals surface area contributed by atoms with Gasteiger partial charge in [-0.25, -0.2) is 0 Å². The van der Waals surface area contributed by atoms with Crippen LogP contribution in [-0.4, -0.2) is 25.5 Å². The molecule has 0 radical (unpaired) electrons. The van der Waals surface area contributed by atoms with E-state index in [9.17, 15) is 18.0 Å². The van der Waals surface area contributed by atoms with Crippen molar-refractivity contribution in [3.63, 3.8) is 0 Å². The molecular formula is C13H12BrF3N6O. The maximum Gasteiger partial charge on any atom is 0.436 e. The van der Waals surface area contributed by atoms with Crippen molar-refractivity contribution in [3.05, 3.63) is 28.1 Å². The fraction of sp³-hybridized carbons (Fsp3) is 0.385. The monoisotopic (exact) mass is 404 g/mol. The second-order valence-corrected chi connectivity index (χ2v) is 5.71. The zero-order chi connectivity index (χ0) is 18.1. The molecule has 0 bridgehead atoms. The average Bonchev–Trinajstić information content (AvgIpc) is 3.04. The van der Waals surface area contributed by atoms with Crippen molar-refractivity contribution in [2.24, 2.45) is 0 Å². The molecule has 0 aliphatic carbocycles. The molecule has 1 amide bonds. The fourth-order valence-electron chi connectivity index (χ4n) is 1.99. The number of aromatic nitrogens is 4. The third-order valence-corrected chi connectivity index (χ3v) is 4.17. The summed E-state index contributed by atoms with van der Waals surface area (Å²) in [6.07, 6.45) is -3.12. The van der Waals surface area contributed by atoms with Gasteiger partial charge in [-0.3, -0.25) is 14.2 Å². The molecule has 2 aromatic heterocycles. The first kappa shape index (κ1) is 18.0. The molecule has 24 heavy (non-hydrogen) atoms. The van der Waals surface area contributed by atoms with Crippen molar-refractivity contribution < 1.29 is 18.0 Å². The Morgan fingerprint density at radius 1 is 1.50 bits per heavy atom. The minimum atomic E-state index is -4.62. The van der Waals surface area contributed by atoms with Crippen molar-refractivity contribution in [1.82, 2.24) is 19.6 Å². The van der Waals surface area contributed by atoms with Crippen molar-refractivity contribution in [2.45, 2.75) is 32.6 Å². The summed E-state index contributed by atoms with van der Waals surface area (Å²) >= 11 is 2.86. The van der Waals surface area contributed by atoms with E-state index in [2.05, 4.69) is 31.4 Å². The molecule has 1 N–H and O–H groups in total. The molecule has 0 fully saturated rings. The van der Waals surface area contributed by atoms with E-state index < -0.39 is 23.8 Å². The molecule has 11 heteroatoms. The molecule has 0 saturated heterocycles. The fourth-order valence-corrected chi connectivity index (χ4v) is 2.47. The molecule has 1 atom stereocenters. The van der Waals surface area contributed by atoms with Crippen molar-refractivity contribution in [1.29, 1.82) is 5.26 Å². The van der Waals surface area contributed by atoms with E-state index in [1.807, 2.05) is 6.07 Å². The van der Waals surface area contributed by atoms with Crippen LogP contribution in [0.15, 0.2) is 16.7 Å². The molecular weight excluding hydrogens is 393 g/mol. The van der Waals surface area contributed by atoms with Gasteiger partial charge in [0.2, 0.25) is 5.91 Å². The predicted octanol–water partition coefficient (Wildman–Crippen LogP) is 2.89. The zero-order valence-electron chi connectivity index (χ0n) is 12.6. The number of carbonyl (C=O) groups excluding carboxylic acids is 1. The van der Waals surface area contributed by atoms with Gasteiger partial charge in [-0.1, -0.05) is 0 Å². The van der Waals surface area contributed by atoms with Crippen LogP contribution in [0.2, 0.25) is 0 Å². The molecule has 7 nitrogen and oxygen atoms in total. The quantitative estimate of drug-likeness (QED) is 0.848. The Kier molecular flexibility index (Phi) is 4.98. The normalized spacial score (nSPS) is 12.7. The van der Waals surface area contributed by atoms with Gasteiger partial charge in [0.25, 0.3) is 0 Å². The minimum absolute atomic E-state index is 0.0194. The number of carbonyl (C=O) groups is 1. The lowest BCUT2D eigenvalue weighted by Crippen LogP contribution is -2.26. The SMILES string of the molecule is Cc1c(Br)c(C(F)(F)F)nn1C(C)C(=O)Nc1ccn(CC#N)n1. The summed E-state index contributed by atoms with van der Waals surface area (Å²) in [7, 11) is 0. The standard InChI is InChI=1S/C13H12BrF3N6O/c1-7-10(14)11(13(15,16)17)21-23(7)8(2)12(24)19-9-3-5-22(20-9)6-4-18/h3,5,8H,6H2,1-2H3,(H,19,20,24). The summed E-state index contributed by atoms with van der Waals surface area (Å²) in [6, 6.07) is 2.39. The van der Waals surface area contributed by atoms with Gasteiger partial charge in [0, 0.05) is 12.3 Å². The lowest BCUT2D eigenvalue weighted by atomic mass is 10.3. The second-order valence-electron chi connectivity index (χ2n) is 4.91. The average molecular weight is 405 g/mol. The first-order valence-electron chi connectivity index (χ1n) is 6.68. The van der Waals surface area contributed by atoms with Gasteiger partial charge in [-0.2, -0.15) is 28.6 Å². The first-order valence-corrected chi connectivity index (χ1v) is 7.47. The summed E-state index contributed by atoms with van der Waals surface area (Å²) in [4.78, 5) is 12.2. The number of hydrogen-bond donors (Lipinski definition) is 1. The van der Waals surface area contributed by atoms with E-state index in [0.717, 1.165) is 4.68 Å². The van der Waals surface area contributed by atoms with Crippen molar-refractivity contribution in [2.75, 3.05) is 5.32 Å². The Labute approximate surface area is 143 Å². The Morgan fingerprint density at radius 2 is 2.17 bits per heavy atom. The molecule has 2 aromatic rings. The zero-order valence-corrected chi connectivity index (χ0v) is 14.2. The summed E-state index contributed by atoms with van der Waals surface area (Å²) in [5.74, 6) is -0.383. The maximum absolute atomic E-state index is 12.9. The summed E-state index contributed by atoms with van der Waals surface area (Å²) in [5.41, 5.74) is -0.905. The number of nitrogens with zero attached hydrogens (tertiary/aromatic N) is 5. The van der Waals surface area contributed by atoms with E-state index in [0.29, 0.717) is 0 Å². The highest BCUT2D eigenvalue weighted by Crippen LogP contribution is 2.36. The van der Waals surface area contributed by atoms with Crippen molar-refractivity contribution >= 4 is 27.7 Å². The summed E-state index contributed by atoms with van der Waals surface area (Å²) in [5, 5.41) is 18.5. The molecule has 1 unspecified atom stereocenters. The topological polar surface area (TPSA) is 88.5 Å². The van der Waals surface area contributed by atoms with E-state index >= 15 is 0 Å². The van der Waals surface area contributed by atoms with E-state index in [1.165, 1.54) is 30.8 Å². The van der Waals surface area contributed by atoms with Gasteiger partial charge in [0.15, 0.2) is 11.5 Å². The highest BCUT2D eigenvalue weighted by atomic mass is 79.9. The number of halogens is 4. The van der Waals surface area contributed by atoms with Gasteiger partial charge in [-0.05, 0) is 29.8 Å². The van der Waals surface area contributed by atoms with Crippen LogP contribution in [0.5, 0.6) is 0 Å². The molecule has 0 spiro atoms. The van der Waals surface area contributed by atoms with Crippen LogP contribution in [-0.2, 0) is 17.5 Å². The van der Waals surface area contributed by atoms with E-state index in [4.69, 9.17) is 5.26 Å². The van der Waals surface area contributed by atoms with Crippen LogP contribution in [0.1, 0.15) is 24.4 Å². The molecule has 128 valence electrons. The number of alkyl halides is 3. The number of amides is 1. The highest BCUT2D eigenvalue weighted by molar-refractivity contribution is 9.10. The maximum atomic E-state index is 12.9. The Balaban J connectivity index is 2.20. The van der Waals surface area contributed by atoms with Gasteiger partial charge >= 0.3 is 6.18 Å². The van der Waals surface area contributed by atoms with Gasteiger partial charge < -0.3 is 5.32 Å². The van der Waals surface area contributed by atoms with Crippen LogP contribution >= 0.6 is 15.9 Å². The number of hydrogen-bond acceptors (Lipinski definition) is 4. The Bertz CT molecular complexity index is 804. The van der Waals surface area contributed by atoms with Crippen molar-refractivity contribution in [3.8, 4) is 6.07 Å². The van der Waals surface area contributed by atoms with E-state index in [-0.39, 0.29) is 22.5 Å². The smallest absolute Gasteiger partial charge is 0.307 e. The largest absolute Gasteiger partial charge is 0.436 e. The summed E-state index contributed by atoms with van der Waals surface area (Å²) < 4.78 is 40.8. The second kappa shape index (κ2) is 6.64. The predicted molar refractivity (Wildman–Crippen MR) is 80.8 cm³/mol. The Morgan fingerprint density at radius 3 is 2.71 bits per heavy atom. The molecule has 0 aliphatic rings. The van der Waals surface area contributed by atoms with Crippen LogP contribution in [0, 0.1) is 18.3 Å². The molecule has 0 aromatic carbocycles. The number of rotatable bonds is 4. The van der Waals surface area contributed by atoms with Gasteiger partial charge in [0.05, 0.1) is 16.2 Å². The third-order valence-electron chi connectivity index (χ3n) is 3.22. The lowest BCUT2D eigenvalue weighted by Gasteiger charge is -2.13. The van der Waals surface area contributed by atoms with Gasteiger partial charge in [0.1, 0.15) is 12.6 Å². The van der Waals surface area contributed by atoms with Crippen LogP contribution < -0.4 is 5.32 Å². The first-order chi connectivity index (χ1) is 11.1. The van der Waals surface area contributed by atoms with Gasteiger partial charge in [-0.15, -0.1) is 0 Å². The third kappa shape index (κ3) is 3.59. The molecule has 2 heterocycles. The Hall–Kier alpha value is -2.35. The minimum Gasteiger partial charge on any atom is -0.307 e. The summed E-state index contributed by atoms with van der Waals surface area (Å²) in [6.45, 7) is 2.87. The molecule has 0 saturated carbocycles. The van der Waals surface area contributed by atoms with Crippen LogP contribution in [0.3, 0.4) is 0 Å². The highest BCUT2D eigenvalue weighted by Gasteiger charge is 2.39.